The number of carbonyl (C=O) groups is 1. The van der Waals surface area contributed by atoms with Gasteiger partial charge >= 0.3 is 5.97 Å². The molecule has 6 nitrogen and oxygen atoms in total. The van der Waals surface area contributed by atoms with E-state index >= 15 is 0 Å². The van der Waals surface area contributed by atoms with Gasteiger partial charge in [0, 0.05) is 37.1 Å². The van der Waals surface area contributed by atoms with E-state index < -0.39 is 5.97 Å². The summed E-state index contributed by atoms with van der Waals surface area (Å²) in [4.78, 5) is 22.1. The van der Waals surface area contributed by atoms with E-state index in [0.29, 0.717) is 12.3 Å². The van der Waals surface area contributed by atoms with Gasteiger partial charge in [-0.15, -0.1) is 0 Å². The van der Waals surface area contributed by atoms with Gasteiger partial charge < -0.3 is 13.9 Å². The number of rotatable bonds is 6. The normalized spacial score (nSPS) is 11.0. The van der Waals surface area contributed by atoms with E-state index in [0.717, 1.165) is 68.8 Å². The van der Waals surface area contributed by atoms with Gasteiger partial charge in [0.05, 0.1) is 22.1 Å². The van der Waals surface area contributed by atoms with Gasteiger partial charge in [-0.05, 0) is 73.0 Å². The molecule has 202 valence electrons. The number of esters is 1. The number of nitrogens with zero attached hydrogens (tertiary/aromatic N) is 4. The molecular weight excluding hydrogens is 508 g/mol. The molecule has 41 heavy (non-hydrogen) atoms. The molecular formula is C35H30N4O2. The van der Waals surface area contributed by atoms with Crippen molar-refractivity contribution in [3.63, 3.8) is 0 Å². The number of carbonyl (C=O) groups excluding carboxylic acids is 1. The maximum absolute atomic E-state index is 12.1. The van der Waals surface area contributed by atoms with E-state index in [1.807, 2.05) is 48.5 Å². The molecule has 6 aromatic rings. The minimum Gasteiger partial charge on any atom is -0.417 e. The summed E-state index contributed by atoms with van der Waals surface area (Å²) in [5.41, 5.74) is 8.31. The summed E-state index contributed by atoms with van der Waals surface area (Å²) in [6.45, 7) is 4.98. The number of imidazole rings is 2. The van der Waals surface area contributed by atoms with Crippen molar-refractivity contribution in [3.05, 3.63) is 114 Å². The highest BCUT2D eigenvalue weighted by Crippen LogP contribution is 2.30. The second kappa shape index (κ2) is 11.1. The number of benzene rings is 4. The lowest BCUT2D eigenvalue weighted by molar-refractivity contribution is -0.128. The lowest BCUT2D eigenvalue weighted by Crippen LogP contribution is -2.05. The third-order valence-electron chi connectivity index (χ3n) is 7.20. The van der Waals surface area contributed by atoms with E-state index in [1.54, 1.807) is 12.1 Å². The minimum absolute atomic E-state index is 0.479. The van der Waals surface area contributed by atoms with E-state index in [1.165, 1.54) is 0 Å². The van der Waals surface area contributed by atoms with Crippen molar-refractivity contribution in [2.75, 3.05) is 0 Å². The Bertz CT molecular complexity index is 1940. The van der Waals surface area contributed by atoms with Crippen LogP contribution in [0.2, 0.25) is 0 Å². The second-order valence-corrected chi connectivity index (χ2v) is 10.2. The highest BCUT2D eigenvalue weighted by atomic mass is 16.5. The molecule has 0 saturated carbocycles. The van der Waals surface area contributed by atoms with Crippen LogP contribution in [0.5, 0.6) is 5.75 Å². The second-order valence-electron chi connectivity index (χ2n) is 10.2. The average Bonchev–Trinajstić information content (AvgIpc) is 3.51. The van der Waals surface area contributed by atoms with Gasteiger partial charge in [-0.1, -0.05) is 55.3 Å². The SMILES string of the molecule is CCCc1nc2c(C)cc(-c3nc4ccccc4n3C)cc2n1Cc1ccc(C#CC(=O)Oc2ccccc2)cc1. The summed E-state index contributed by atoms with van der Waals surface area (Å²) in [5, 5.41) is 0. The van der Waals surface area contributed by atoms with Crippen molar-refractivity contribution in [2.24, 2.45) is 7.05 Å². The zero-order valence-corrected chi connectivity index (χ0v) is 23.4. The zero-order chi connectivity index (χ0) is 28.3. The van der Waals surface area contributed by atoms with Crippen molar-refractivity contribution < 1.29 is 9.53 Å². The van der Waals surface area contributed by atoms with Crippen LogP contribution in [-0.2, 0) is 24.8 Å². The first-order chi connectivity index (χ1) is 20.0. The van der Waals surface area contributed by atoms with E-state index in [-0.39, 0.29) is 0 Å². The van der Waals surface area contributed by atoms with Crippen LogP contribution in [0.15, 0.2) is 91.0 Å². The summed E-state index contributed by atoms with van der Waals surface area (Å²) >= 11 is 0. The van der Waals surface area contributed by atoms with Crippen LogP contribution < -0.4 is 4.74 Å². The fourth-order valence-corrected chi connectivity index (χ4v) is 5.18. The molecule has 2 heterocycles. The summed E-state index contributed by atoms with van der Waals surface area (Å²) in [5.74, 6) is 7.38. The lowest BCUT2D eigenvalue weighted by atomic mass is 10.1. The Morgan fingerprint density at radius 3 is 2.41 bits per heavy atom. The van der Waals surface area contributed by atoms with Crippen LogP contribution in [-0.4, -0.2) is 25.1 Å². The van der Waals surface area contributed by atoms with Crippen LogP contribution in [0.25, 0.3) is 33.5 Å². The Hall–Kier alpha value is -5.15. The van der Waals surface area contributed by atoms with Crippen LogP contribution in [0.3, 0.4) is 0 Å². The minimum atomic E-state index is -0.582. The van der Waals surface area contributed by atoms with Gasteiger partial charge in [0.2, 0.25) is 0 Å². The predicted molar refractivity (Wildman–Crippen MR) is 163 cm³/mol. The largest absolute Gasteiger partial charge is 0.417 e. The third kappa shape index (κ3) is 5.35. The van der Waals surface area contributed by atoms with Crippen molar-refractivity contribution >= 4 is 28.0 Å². The van der Waals surface area contributed by atoms with Crippen molar-refractivity contribution in [1.29, 1.82) is 0 Å². The molecule has 0 atom stereocenters. The Labute approximate surface area is 239 Å². The molecule has 6 heteroatoms. The molecule has 0 aliphatic rings. The molecule has 6 rings (SSSR count). The third-order valence-corrected chi connectivity index (χ3v) is 7.20. The number of para-hydroxylation sites is 3. The Kier molecular flexibility index (Phi) is 7.09. The molecule has 0 aliphatic carbocycles. The van der Waals surface area contributed by atoms with Gasteiger partial charge in [-0.2, -0.15) is 0 Å². The fourth-order valence-electron chi connectivity index (χ4n) is 5.18. The quantitative estimate of drug-likeness (QED) is 0.132. The number of hydrogen-bond donors (Lipinski definition) is 0. The Balaban J connectivity index is 1.30. The lowest BCUT2D eigenvalue weighted by Gasteiger charge is -2.11. The highest BCUT2D eigenvalue weighted by molar-refractivity contribution is 5.91. The first-order valence-electron chi connectivity index (χ1n) is 13.8. The summed E-state index contributed by atoms with van der Waals surface area (Å²) in [6.07, 6.45) is 1.90. The number of fused-ring (bicyclic) bond motifs is 2. The molecule has 0 radical (unpaired) electrons. The fraction of sp³-hybridized carbons (Fsp3) is 0.171. The zero-order valence-electron chi connectivity index (χ0n) is 23.4. The molecule has 0 unspecified atom stereocenters. The summed E-state index contributed by atoms with van der Waals surface area (Å²) in [7, 11) is 2.07. The summed E-state index contributed by atoms with van der Waals surface area (Å²) in [6, 6.07) is 29.5. The van der Waals surface area contributed by atoms with E-state index in [4.69, 9.17) is 14.7 Å². The molecule has 0 N–H and O–H groups in total. The first kappa shape index (κ1) is 26.1. The molecule has 0 aliphatic heterocycles. The van der Waals surface area contributed by atoms with Gasteiger partial charge in [0.15, 0.2) is 0 Å². The maximum Gasteiger partial charge on any atom is 0.390 e. The molecule has 0 saturated heterocycles. The molecule has 0 spiro atoms. The molecule has 0 fully saturated rings. The van der Waals surface area contributed by atoms with Gasteiger partial charge in [-0.3, -0.25) is 0 Å². The van der Waals surface area contributed by atoms with E-state index in [2.05, 4.69) is 72.2 Å². The van der Waals surface area contributed by atoms with Gasteiger partial charge in [-0.25, -0.2) is 14.8 Å². The van der Waals surface area contributed by atoms with Crippen molar-refractivity contribution in [2.45, 2.75) is 33.2 Å². The van der Waals surface area contributed by atoms with Crippen molar-refractivity contribution in [3.8, 4) is 29.0 Å². The topological polar surface area (TPSA) is 61.9 Å². The smallest absolute Gasteiger partial charge is 0.390 e. The molecule has 4 aromatic carbocycles. The molecule has 2 aromatic heterocycles. The molecule has 0 bridgehead atoms. The number of hydrogen-bond acceptors (Lipinski definition) is 4. The highest BCUT2D eigenvalue weighted by Gasteiger charge is 2.17. The Morgan fingerprint density at radius 2 is 1.66 bits per heavy atom. The number of aromatic nitrogens is 4. The number of ether oxygens (including phenoxy) is 1. The number of aryl methyl sites for hydroxylation is 3. The van der Waals surface area contributed by atoms with Crippen molar-refractivity contribution in [1.82, 2.24) is 19.1 Å². The van der Waals surface area contributed by atoms with E-state index in [9.17, 15) is 4.79 Å². The van der Waals surface area contributed by atoms with Gasteiger partial charge in [0.1, 0.15) is 17.4 Å². The standard InChI is InChI=1S/C35H30N4O2/c1-4-10-32-37-34-24(2)21-27(35-36-29-13-8-9-14-30(29)38(35)3)22-31(34)39(32)23-26-17-15-25(16-18-26)19-20-33(40)41-28-11-6-5-7-12-28/h5-9,11-18,21-22H,4,10,23H2,1-3H3. The monoisotopic (exact) mass is 538 g/mol. The maximum atomic E-state index is 12.1. The molecule has 0 amide bonds. The Morgan fingerprint density at radius 1 is 0.902 bits per heavy atom. The average molecular weight is 539 g/mol. The predicted octanol–water partition coefficient (Wildman–Crippen LogP) is 6.86. The summed E-state index contributed by atoms with van der Waals surface area (Å²) < 4.78 is 9.72. The first-order valence-corrected chi connectivity index (χ1v) is 13.8. The van der Waals surface area contributed by atoms with Crippen LogP contribution in [0, 0.1) is 18.8 Å². The van der Waals surface area contributed by atoms with Crippen LogP contribution >= 0.6 is 0 Å². The van der Waals surface area contributed by atoms with Crippen LogP contribution in [0.4, 0.5) is 0 Å². The van der Waals surface area contributed by atoms with Crippen LogP contribution in [0.1, 0.15) is 35.9 Å². The van der Waals surface area contributed by atoms with Gasteiger partial charge in [0.25, 0.3) is 0 Å².